The molecule has 0 aliphatic carbocycles. The van der Waals surface area contributed by atoms with E-state index >= 15 is 0 Å². The monoisotopic (exact) mass is 272 g/mol. The average Bonchev–Trinajstić information content (AvgIpc) is 2.46. The summed E-state index contributed by atoms with van der Waals surface area (Å²) in [5.41, 5.74) is 1.53. The second-order valence-electron chi connectivity index (χ2n) is 3.98. The zero-order chi connectivity index (χ0) is 13.7. The van der Waals surface area contributed by atoms with Gasteiger partial charge >= 0.3 is 0 Å². The number of allylic oxidation sites excluding steroid dienone is 1. The Morgan fingerprint density at radius 1 is 1.16 bits per heavy atom. The lowest BCUT2D eigenvalue weighted by molar-refractivity contribution is 0.104. The van der Waals surface area contributed by atoms with Gasteiger partial charge in [0.25, 0.3) is 0 Å². The Morgan fingerprint density at radius 2 is 1.89 bits per heavy atom. The van der Waals surface area contributed by atoms with Crippen LogP contribution in [0.4, 0.5) is 0 Å². The smallest absolute Gasteiger partial charge is 0.185 e. The van der Waals surface area contributed by atoms with E-state index in [1.807, 2.05) is 24.3 Å². The van der Waals surface area contributed by atoms with E-state index < -0.39 is 0 Å². The first-order valence-corrected chi connectivity index (χ1v) is 6.19. The fraction of sp³-hybridized carbons (Fsp3) is 0.0625. The van der Waals surface area contributed by atoms with Gasteiger partial charge in [-0.05, 0) is 48.0 Å². The number of hydrogen-bond donors (Lipinski definition) is 0. The first-order chi connectivity index (χ1) is 9.19. The number of halogens is 1. The molecule has 0 spiro atoms. The van der Waals surface area contributed by atoms with Crippen molar-refractivity contribution in [3.63, 3.8) is 0 Å². The number of carbonyl (C=O) groups excluding carboxylic acids is 1. The minimum absolute atomic E-state index is 0.0560. The molecule has 0 unspecified atom stereocenters. The van der Waals surface area contributed by atoms with Crippen LogP contribution in [0.25, 0.3) is 6.08 Å². The van der Waals surface area contributed by atoms with Crippen molar-refractivity contribution in [2.24, 2.45) is 0 Å². The van der Waals surface area contributed by atoms with E-state index in [4.69, 9.17) is 16.3 Å². The van der Waals surface area contributed by atoms with Crippen molar-refractivity contribution in [1.82, 2.24) is 0 Å². The molecule has 0 fully saturated rings. The minimum Gasteiger partial charge on any atom is -0.497 e. The summed E-state index contributed by atoms with van der Waals surface area (Å²) < 4.78 is 5.13. The van der Waals surface area contributed by atoms with Crippen molar-refractivity contribution >= 4 is 23.5 Å². The summed E-state index contributed by atoms with van der Waals surface area (Å²) >= 11 is 5.78. The van der Waals surface area contributed by atoms with Crippen LogP contribution in [-0.2, 0) is 0 Å². The summed E-state index contributed by atoms with van der Waals surface area (Å²) in [4.78, 5) is 11.9. The summed E-state index contributed by atoms with van der Waals surface area (Å²) in [6.45, 7) is 0. The molecule has 0 saturated carbocycles. The molecule has 19 heavy (non-hydrogen) atoms. The summed E-state index contributed by atoms with van der Waals surface area (Å²) in [5, 5.41) is 0.619. The van der Waals surface area contributed by atoms with Crippen LogP contribution < -0.4 is 4.74 Å². The Kier molecular flexibility index (Phi) is 4.37. The summed E-state index contributed by atoms with van der Waals surface area (Å²) in [7, 11) is 1.61. The van der Waals surface area contributed by atoms with E-state index in [1.165, 1.54) is 6.08 Å². The molecule has 0 aliphatic heterocycles. The van der Waals surface area contributed by atoms with E-state index in [1.54, 1.807) is 37.5 Å². The zero-order valence-electron chi connectivity index (χ0n) is 10.5. The van der Waals surface area contributed by atoms with Gasteiger partial charge in [0, 0.05) is 10.6 Å². The van der Waals surface area contributed by atoms with Gasteiger partial charge in [-0.25, -0.2) is 0 Å². The molecule has 0 atom stereocenters. The third-order valence-corrected chi connectivity index (χ3v) is 2.90. The highest BCUT2D eigenvalue weighted by atomic mass is 35.5. The largest absolute Gasteiger partial charge is 0.497 e. The molecular formula is C16H13ClO2. The molecule has 0 radical (unpaired) electrons. The molecule has 0 amide bonds. The van der Waals surface area contributed by atoms with Gasteiger partial charge in [0.2, 0.25) is 0 Å². The maximum Gasteiger partial charge on any atom is 0.185 e. The first kappa shape index (κ1) is 13.4. The van der Waals surface area contributed by atoms with E-state index in [0.29, 0.717) is 10.6 Å². The Morgan fingerprint density at radius 3 is 2.58 bits per heavy atom. The summed E-state index contributed by atoms with van der Waals surface area (Å²) in [5.74, 6) is 0.709. The lowest BCUT2D eigenvalue weighted by Gasteiger charge is -2.00. The van der Waals surface area contributed by atoms with Gasteiger partial charge in [0.05, 0.1) is 7.11 Å². The number of ether oxygens (including phenoxy) is 1. The van der Waals surface area contributed by atoms with Gasteiger partial charge in [-0.1, -0.05) is 29.8 Å². The third-order valence-electron chi connectivity index (χ3n) is 2.65. The van der Waals surface area contributed by atoms with Crippen LogP contribution in [0.1, 0.15) is 15.9 Å². The average molecular weight is 273 g/mol. The number of carbonyl (C=O) groups is 1. The molecule has 3 heteroatoms. The Balaban J connectivity index is 2.13. The van der Waals surface area contributed by atoms with Crippen LogP contribution in [0.2, 0.25) is 5.02 Å². The SMILES string of the molecule is COc1cccc(C=CC(=O)c2ccc(Cl)cc2)c1. The lowest BCUT2D eigenvalue weighted by atomic mass is 10.1. The number of ketones is 1. The van der Waals surface area contributed by atoms with E-state index in [2.05, 4.69) is 0 Å². The number of benzene rings is 2. The first-order valence-electron chi connectivity index (χ1n) is 5.81. The lowest BCUT2D eigenvalue weighted by Crippen LogP contribution is -1.93. The van der Waals surface area contributed by atoms with Crippen molar-refractivity contribution in [2.45, 2.75) is 0 Å². The van der Waals surface area contributed by atoms with Crippen molar-refractivity contribution in [1.29, 1.82) is 0 Å². The fourth-order valence-corrected chi connectivity index (χ4v) is 1.75. The van der Waals surface area contributed by atoms with Crippen molar-refractivity contribution in [3.8, 4) is 5.75 Å². The Hall–Kier alpha value is -2.06. The molecule has 96 valence electrons. The predicted octanol–water partition coefficient (Wildman–Crippen LogP) is 4.24. The molecule has 0 aliphatic rings. The van der Waals surface area contributed by atoms with Gasteiger partial charge in [0.15, 0.2) is 5.78 Å². The zero-order valence-corrected chi connectivity index (χ0v) is 11.2. The summed E-state index contributed by atoms with van der Waals surface area (Å²) in [6, 6.07) is 14.3. The van der Waals surface area contributed by atoms with Crippen molar-refractivity contribution in [3.05, 3.63) is 70.8 Å². The van der Waals surface area contributed by atoms with Gasteiger partial charge in [-0.15, -0.1) is 0 Å². The molecule has 0 saturated heterocycles. The Bertz CT molecular complexity index is 600. The number of methoxy groups -OCH3 is 1. The molecule has 2 rings (SSSR count). The minimum atomic E-state index is -0.0560. The van der Waals surface area contributed by atoms with Gasteiger partial charge in [0.1, 0.15) is 5.75 Å². The summed E-state index contributed by atoms with van der Waals surface area (Å²) in [6.07, 6.45) is 3.30. The number of rotatable bonds is 4. The van der Waals surface area contributed by atoms with Crippen LogP contribution in [0.5, 0.6) is 5.75 Å². The van der Waals surface area contributed by atoms with Gasteiger partial charge < -0.3 is 4.74 Å². The second-order valence-corrected chi connectivity index (χ2v) is 4.42. The highest BCUT2D eigenvalue weighted by Gasteiger charge is 2.01. The molecule has 2 aromatic rings. The highest BCUT2D eigenvalue weighted by molar-refractivity contribution is 6.30. The standard InChI is InChI=1S/C16H13ClO2/c1-19-15-4-2-3-12(11-15)5-10-16(18)13-6-8-14(17)9-7-13/h2-11H,1H3. The third kappa shape index (κ3) is 3.70. The van der Waals surface area contributed by atoms with Crippen LogP contribution >= 0.6 is 11.6 Å². The second kappa shape index (κ2) is 6.21. The highest BCUT2D eigenvalue weighted by Crippen LogP contribution is 2.15. The van der Waals surface area contributed by atoms with E-state index in [-0.39, 0.29) is 5.78 Å². The maximum atomic E-state index is 11.9. The van der Waals surface area contributed by atoms with Crippen LogP contribution in [0.15, 0.2) is 54.6 Å². The molecular weight excluding hydrogens is 260 g/mol. The molecule has 0 N–H and O–H groups in total. The quantitative estimate of drug-likeness (QED) is 0.614. The van der Waals surface area contributed by atoms with Crippen molar-refractivity contribution < 1.29 is 9.53 Å². The van der Waals surface area contributed by atoms with Crippen LogP contribution in [-0.4, -0.2) is 12.9 Å². The van der Waals surface area contributed by atoms with Crippen molar-refractivity contribution in [2.75, 3.05) is 7.11 Å². The molecule has 0 bridgehead atoms. The topological polar surface area (TPSA) is 26.3 Å². The molecule has 0 heterocycles. The van der Waals surface area contributed by atoms with Gasteiger partial charge in [-0.2, -0.15) is 0 Å². The molecule has 2 aromatic carbocycles. The molecule has 0 aromatic heterocycles. The van der Waals surface area contributed by atoms with Gasteiger partial charge in [-0.3, -0.25) is 4.79 Å². The van der Waals surface area contributed by atoms with Crippen LogP contribution in [0.3, 0.4) is 0 Å². The fourth-order valence-electron chi connectivity index (χ4n) is 1.63. The maximum absolute atomic E-state index is 11.9. The van der Waals surface area contributed by atoms with Crippen LogP contribution in [0, 0.1) is 0 Å². The van der Waals surface area contributed by atoms with E-state index in [0.717, 1.165) is 11.3 Å². The van der Waals surface area contributed by atoms with E-state index in [9.17, 15) is 4.79 Å². The predicted molar refractivity (Wildman–Crippen MR) is 77.8 cm³/mol. The normalized spacial score (nSPS) is 10.6. The Labute approximate surface area is 117 Å². The number of hydrogen-bond acceptors (Lipinski definition) is 2. The molecule has 2 nitrogen and oxygen atoms in total.